The SMILES string of the molecule is CCC(Cc1cc(C)ccc1C)C(C)O. The quantitative estimate of drug-likeness (QED) is 0.801. The molecule has 1 N–H and O–H groups in total. The molecule has 0 aromatic heterocycles. The summed E-state index contributed by atoms with van der Waals surface area (Å²) in [5, 5.41) is 9.63. The summed E-state index contributed by atoms with van der Waals surface area (Å²) >= 11 is 0. The lowest BCUT2D eigenvalue weighted by molar-refractivity contribution is 0.123. The molecule has 0 fully saturated rings. The van der Waals surface area contributed by atoms with Crippen LogP contribution in [0.25, 0.3) is 0 Å². The summed E-state index contributed by atoms with van der Waals surface area (Å²) in [4.78, 5) is 0. The lowest BCUT2D eigenvalue weighted by Crippen LogP contribution is -2.18. The van der Waals surface area contributed by atoms with Crippen LogP contribution in [-0.4, -0.2) is 11.2 Å². The minimum atomic E-state index is -0.213. The second kappa shape index (κ2) is 5.32. The van der Waals surface area contributed by atoms with Gasteiger partial charge in [-0.2, -0.15) is 0 Å². The van der Waals surface area contributed by atoms with E-state index in [0.717, 1.165) is 12.8 Å². The molecular weight excluding hydrogens is 184 g/mol. The van der Waals surface area contributed by atoms with Crippen LogP contribution < -0.4 is 0 Å². The van der Waals surface area contributed by atoms with E-state index in [1.54, 1.807) is 0 Å². The van der Waals surface area contributed by atoms with Gasteiger partial charge in [-0.05, 0) is 44.2 Å². The summed E-state index contributed by atoms with van der Waals surface area (Å²) in [6, 6.07) is 6.54. The lowest BCUT2D eigenvalue weighted by Gasteiger charge is -2.19. The molecule has 0 saturated carbocycles. The molecule has 0 amide bonds. The summed E-state index contributed by atoms with van der Waals surface area (Å²) in [6.45, 7) is 8.29. The third-order valence-corrected chi connectivity index (χ3v) is 3.19. The second-order valence-electron chi connectivity index (χ2n) is 4.54. The molecular formula is C14H22O. The third-order valence-electron chi connectivity index (χ3n) is 3.19. The van der Waals surface area contributed by atoms with Crippen molar-refractivity contribution < 1.29 is 5.11 Å². The van der Waals surface area contributed by atoms with Gasteiger partial charge in [0.25, 0.3) is 0 Å². The smallest absolute Gasteiger partial charge is 0.0543 e. The molecule has 0 radical (unpaired) electrons. The molecule has 0 aliphatic rings. The van der Waals surface area contributed by atoms with Crippen molar-refractivity contribution in [3.8, 4) is 0 Å². The third kappa shape index (κ3) is 3.35. The van der Waals surface area contributed by atoms with Gasteiger partial charge >= 0.3 is 0 Å². The number of benzene rings is 1. The average Bonchev–Trinajstić information content (AvgIpc) is 2.18. The first-order valence-electron chi connectivity index (χ1n) is 5.78. The molecule has 1 aromatic rings. The molecule has 1 heteroatoms. The fraction of sp³-hybridized carbons (Fsp3) is 0.571. The fourth-order valence-corrected chi connectivity index (χ4v) is 1.96. The second-order valence-corrected chi connectivity index (χ2v) is 4.54. The van der Waals surface area contributed by atoms with Gasteiger partial charge in [0.15, 0.2) is 0 Å². The van der Waals surface area contributed by atoms with Gasteiger partial charge in [0, 0.05) is 0 Å². The summed E-state index contributed by atoms with van der Waals surface area (Å²) in [5.74, 6) is 0.380. The van der Waals surface area contributed by atoms with Crippen LogP contribution in [0.3, 0.4) is 0 Å². The molecule has 0 aliphatic carbocycles. The van der Waals surface area contributed by atoms with Gasteiger partial charge in [0.1, 0.15) is 0 Å². The predicted octanol–water partition coefficient (Wildman–Crippen LogP) is 3.25. The zero-order valence-corrected chi connectivity index (χ0v) is 10.2. The maximum Gasteiger partial charge on any atom is 0.0543 e. The van der Waals surface area contributed by atoms with Crippen molar-refractivity contribution in [3.63, 3.8) is 0 Å². The van der Waals surface area contributed by atoms with E-state index in [1.807, 2.05) is 6.92 Å². The molecule has 1 rings (SSSR count). The minimum Gasteiger partial charge on any atom is -0.393 e. The molecule has 1 nitrogen and oxygen atoms in total. The highest BCUT2D eigenvalue weighted by Gasteiger charge is 2.14. The Labute approximate surface area is 93.1 Å². The van der Waals surface area contributed by atoms with Gasteiger partial charge in [-0.15, -0.1) is 0 Å². The van der Waals surface area contributed by atoms with Crippen LogP contribution >= 0.6 is 0 Å². The van der Waals surface area contributed by atoms with Crippen molar-refractivity contribution >= 4 is 0 Å². The largest absolute Gasteiger partial charge is 0.393 e. The molecule has 2 unspecified atom stereocenters. The Bertz CT molecular complexity index is 315. The Morgan fingerprint density at radius 2 is 1.93 bits per heavy atom. The molecule has 0 spiro atoms. The van der Waals surface area contributed by atoms with Crippen LogP contribution in [0.2, 0.25) is 0 Å². The average molecular weight is 206 g/mol. The van der Waals surface area contributed by atoms with E-state index < -0.39 is 0 Å². The van der Waals surface area contributed by atoms with Gasteiger partial charge in [-0.25, -0.2) is 0 Å². The van der Waals surface area contributed by atoms with Gasteiger partial charge in [0.2, 0.25) is 0 Å². The summed E-state index contributed by atoms with van der Waals surface area (Å²) in [6.07, 6.45) is 1.81. The molecule has 1 aromatic carbocycles. The van der Waals surface area contributed by atoms with E-state index in [2.05, 4.69) is 39.0 Å². The molecule has 0 saturated heterocycles. The van der Waals surface area contributed by atoms with Gasteiger partial charge in [0.05, 0.1) is 6.10 Å². The number of aliphatic hydroxyl groups excluding tert-OH is 1. The van der Waals surface area contributed by atoms with Gasteiger partial charge < -0.3 is 5.11 Å². The molecule has 15 heavy (non-hydrogen) atoms. The Morgan fingerprint density at radius 3 is 2.47 bits per heavy atom. The number of aryl methyl sites for hydroxylation is 2. The summed E-state index contributed by atoms with van der Waals surface area (Å²) < 4.78 is 0. The zero-order chi connectivity index (χ0) is 11.4. The van der Waals surface area contributed by atoms with E-state index in [-0.39, 0.29) is 6.10 Å². The van der Waals surface area contributed by atoms with E-state index in [0.29, 0.717) is 5.92 Å². The fourth-order valence-electron chi connectivity index (χ4n) is 1.96. The minimum absolute atomic E-state index is 0.213. The summed E-state index contributed by atoms with van der Waals surface area (Å²) in [5.41, 5.74) is 4.01. The Hall–Kier alpha value is -0.820. The first kappa shape index (κ1) is 12.3. The van der Waals surface area contributed by atoms with Crippen LogP contribution in [0, 0.1) is 19.8 Å². The Kier molecular flexibility index (Phi) is 4.34. The normalized spacial score (nSPS) is 15.0. The van der Waals surface area contributed by atoms with Crippen LogP contribution in [0.1, 0.15) is 37.0 Å². The van der Waals surface area contributed by atoms with E-state index in [4.69, 9.17) is 0 Å². The number of hydrogen-bond donors (Lipinski definition) is 1. The van der Waals surface area contributed by atoms with Crippen LogP contribution in [0.4, 0.5) is 0 Å². The van der Waals surface area contributed by atoms with Gasteiger partial charge in [-0.1, -0.05) is 37.1 Å². The topological polar surface area (TPSA) is 20.2 Å². The number of rotatable bonds is 4. The maximum absolute atomic E-state index is 9.63. The summed E-state index contributed by atoms with van der Waals surface area (Å²) in [7, 11) is 0. The Morgan fingerprint density at radius 1 is 1.27 bits per heavy atom. The van der Waals surface area contributed by atoms with Crippen molar-refractivity contribution in [2.24, 2.45) is 5.92 Å². The van der Waals surface area contributed by atoms with E-state index >= 15 is 0 Å². The molecule has 0 heterocycles. The number of hydrogen-bond acceptors (Lipinski definition) is 1. The van der Waals surface area contributed by atoms with Crippen molar-refractivity contribution in [2.45, 2.75) is 46.6 Å². The predicted molar refractivity (Wildman–Crippen MR) is 65.1 cm³/mol. The first-order valence-corrected chi connectivity index (χ1v) is 5.78. The molecule has 2 atom stereocenters. The van der Waals surface area contributed by atoms with E-state index in [1.165, 1.54) is 16.7 Å². The van der Waals surface area contributed by atoms with Crippen LogP contribution in [0.15, 0.2) is 18.2 Å². The highest BCUT2D eigenvalue weighted by Crippen LogP contribution is 2.19. The standard InChI is InChI=1S/C14H22O/c1-5-13(12(4)15)9-14-8-10(2)6-7-11(14)3/h6-8,12-13,15H,5,9H2,1-4H3. The number of aliphatic hydroxyl groups is 1. The maximum atomic E-state index is 9.63. The monoisotopic (exact) mass is 206 g/mol. The molecule has 0 bridgehead atoms. The van der Waals surface area contributed by atoms with E-state index in [9.17, 15) is 5.11 Å². The Balaban J connectivity index is 2.82. The van der Waals surface area contributed by atoms with Crippen molar-refractivity contribution in [3.05, 3.63) is 34.9 Å². The van der Waals surface area contributed by atoms with Crippen molar-refractivity contribution in [1.29, 1.82) is 0 Å². The zero-order valence-electron chi connectivity index (χ0n) is 10.2. The van der Waals surface area contributed by atoms with Crippen molar-refractivity contribution in [2.75, 3.05) is 0 Å². The van der Waals surface area contributed by atoms with Crippen LogP contribution in [-0.2, 0) is 6.42 Å². The molecule has 84 valence electrons. The van der Waals surface area contributed by atoms with Crippen LogP contribution in [0.5, 0.6) is 0 Å². The van der Waals surface area contributed by atoms with Gasteiger partial charge in [-0.3, -0.25) is 0 Å². The highest BCUT2D eigenvalue weighted by molar-refractivity contribution is 5.30. The molecule has 0 aliphatic heterocycles. The lowest BCUT2D eigenvalue weighted by atomic mass is 9.90. The first-order chi connectivity index (χ1) is 7.04. The van der Waals surface area contributed by atoms with Crippen molar-refractivity contribution in [1.82, 2.24) is 0 Å². The highest BCUT2D eigenvalue weighted by atomic mass is 16.3.